The number of anilines is 2. The van der Waals surface area contributed by atoms with Gasteiger partial charge in [0.15, 0.2) is 0 Å². The molecule has 2 aliphatic carbocycles. The fourth-order valence-corrected chi connectivity index (χ4v) is 14.8. The highest BCUT2D eigenvalue weighted by molar-refractivity contribution is 8.12. The van der Waals surface area contributed by atoms with Crippen molar-refractivity contribution in [3.63, 3.8) is 0 Å². The molecule has 2 atom stereocenters. The van der Waals surface area contributed by atoms with Gasteiger partial charge in [-0.25, -0.2) is 5.01 Å². The molecule has 0 radical (unpaired) electrons. The van der Waals surface area contributed by atoms with Crippen LogP contribution in [0.15, 0.2) is 149 Å². The number of ether oxygens (including phenoxy) is 2. The van der Waals surface area contributed by atoms with E-state index in [0.29, 0.717) is 60.4 Å². The predicted molar refractivity (Wildman–Crippen MR) is 280 cm³/mol. The van der Waals surface area contributed by atoms with Crippen molar-refractivity contribution in [2.24, 2.45) is 0 Å². The van der Waals surface area contributed by atoms with Crippen molar-refractivity contribution in [2.75, 3.05) is 36.0 Å². The Kier molecular flexibility index (Phi) is 11.6. The summed E-state index contributed by atoms with van der Waals surface area (Å²) in [4.78, 5) is 34.7. The molecular weight excluding hydrogens is 995 g/mol. The van der Waals surface area contributed by atoms with E-state index in [2.05, 4.69) is 42.9 Å². The molecule has 8 nitrogen and oxygen atoms in total. The van der Waals surface area contributed by atoms with Crippen LogP contribution in [0.2, 0.25) is 0 Å². The number of halogens is 6. The van der Waals surface area contributed by atoms with Crippen LogP contribution in [0.3, 0.4) is 0 Å². The predicted octanol–water partition coefficient (Wildman–Crippen LogP) is 13.9. The summed E-state index contributed by atoms with van der Waals surface area (Å²) in [6, 6.07) is 33.0. The van der Waals surface area contributed by atoms with Gasteiger partial charge in [0.2, 0.25) is 0 Å². The van der Waals surface area contributed by atoms with Crippen LogP contribution in [-0.4, -0.2) is 70.3 Å². The van der Waals surface area contributed by atoms with Gasteiger partial charge in [0.05, 0.1) is 9.49 Å². The van der Waals surface area contributed by atoms with E-state index in [4.69, 9.17) is 9.47 Å². The van der Waals surface area contributed by atoms with Gasteiger partial charge in [-0.1, -0.05) is 54.6 Å². The van der Waals surface area contributed by atoms with Crippen molar-refractivity contribution in [1.29, 1.82) is 0 Å². The largest absolute Gasteiger partial charge is 0.489 e. The van der Waals surface area contributed by atoms with Crippen LogP contribution in [0.5, 0.6) is 17.2 Å². The maximum Gasteiger partial charge on any atom is 0.380 e. The van der Waals surface area contributed by atoms with E-state index >= 15 is 26.3 Å². The number of thioether (sulfide) groups is 2. The molecule has 4 heterocycles. The zero-order chi connectivity index (χ0) is 52.5. The van der Waals surface area contributed by atoms with Gasteiger partial charge in [-0.2, -0.15) is 26.3 Å². The molecule has 1 fully saturated rings. The number of benzene rings is 5. The summed E-state index contributed by atoms with van der Waals surface area (Å²) in [6.45, 7) is 16.6. The quantitative estimate of drug-likeness (QED) is 0.124. The summed E-state index contributed by atoms with van der Waals surface area (Å²) < 4.78 is 103. The Morgan fingerprint density at radius 1 is 0.676 bits per heavy atom. The first-order valence-electron chi connectivity index (χ1n) is 24.7. The Bertz CT molecular complexity index is 3270. The molecule has 1 saturated carbocycles. The van der Waals surface area contributed by atoms with Crippen molar-refractivity contribution in [3.05, 3.63) is 187 Å². The summed E-state index contributed by atoms with van der Waals surface area (Å²) in [7, 11) is 0. The van der Waals surface area contributed by atoms with Gasteiger partial charge in [0, 0.05) is 93.6 Å². The van der Waals surface area contributed by atoms with E-state index in [1.807, 2.05) is 54.6 Å². The number of hydrazine groups is 1. The zero-order valence-electron chi connectivity index (χ0n) is 41.6. The van der Waals surface area contributed by atoms with Crippen LogP contribution in [-0.2, 0) is 12.1 Å². The van der Waals surface area contributed by atoms with Crippen LogP contribution in [0.4, 0.5) is 37.7 Å². The third-order valence-corrected chi connectivity index (χ3v) is 18.9. The minimum atomic E-state index is -5.61. The number of allylic oxidation sites excluding steroid dienone is 5. The molecule has 16 heteroatoms. The number of carbonyl (C=O) groups is 2. The molecule has 1 N–H and O–H groups in total. The summed E-state index contributed by atoms with van der Waals surface area (Å²) in [5.74, 6) is -15.1. The molecule has 2 unspecified atom stereocenters. The third kappa shape index (κ3) is 6.77. The van der Waals surface area contributed by atoms with Crippen LogP contribution < -0.4 is 24.7 Å². The lowest BCUT2D eigenvalue weighted by atomic mass is 9.71. The first-order valence-corrected chi connectivity index (χ1v) is 26.3. The lowest BCUT2D eigenvalue weighted by Crippen LogP contribution is -2.56. The van der Waals surface area contributed by atoms with Gasteiger partial charge in [-0.05, 0) is 130 Å². The Balaban J connectivity index is 0.849. The van der Waals surface area contributed by atoms with Crippen molar-refractivity contribution < 1.29 is 45.4 Å². The molecule has 74 heavy (non-hydrogen) atoms. The molecule has 11 rings (SSSR count). The van der Waals surface area contributed by atoms with E-state index in [9.17, 15) is 9.59 Å². The van der Waals surface area contributed by atoms with Gasteiger partial charge in [0.25, 0.3) is 11.8 Å². The fraction of sp³-hybridized carbons (Fsp3) is 0.310. The van der Waals surface area contributed by atoms with Gasteiger partial charge in [0.1, 0.15) is 29.4 Å². The summed E-state index contributed by atoms with van der Waals surface area (Å²) in [5.41, 5.74) is 4.84. The highest BCUT2D eigenvalue weighted by Gasteiger charge is 2.84. The lowest BCUT2D eigenvalue weighted by molar-refractivity contribution is -0.258. The number of carbonyl (C=O) groups excluding carboxylic acids is 2. The van der Waals surface area contributed by atoms with E-state index < -0.39 is 49.9 Å². The number of nitrogens with one attached hydrogen (secondary N) is 1. The van der Waals surface area contributed by atoms with Crippen molar-refractivity contribution >= 4 is 51.6 Å². The van der Waals surface area contributed by atoms with Crippen LogP contribution in [0.25, 0.3) is 4.91 Å². The molecule has 0 saturated heterocycles. The minimum Gasteiger partial charge on any atom is -0.489 e. The molecule has 4 aliphatic heterocycles. The van der Waals surface area contributed by atoms with Crippen LogP contribution >= 0.6 is 23.5 Å². The average molecular weight is 1050 g/mol. The van der Waals surface area contributed by atoms with E-state index in [1.54, 1.807) is 75.4 Å². The van der Waals surface area contributed by atoms with E-state index in [1.165, 1.54) is 40.7 Å². The van der Waals surface area contributed by atoms with Crippen molar-refractivity contribution in [1.82, 2.24) is 10.4 Å². The number of rotatable bonds is 12. The summed E-state index contributed by atoms with van der Waals surface area (Å²) in [5, 5.41) is 1.44. The van der Waals surface area contributed by atoms with Crippen LogP contribution in [0, 0.1) is 0 Å². The Hall–Kier alpha value is -6.52. The minimum absolute atomic E-state index is 0.102. The Labute approximate surface area is 434 Å². The number of fused-ring (bicyclic) bond motifs is 10. The first kappa shape index (κ1) is 49.7. The second kappa shape index (κ2) is 17.3. The molecule has 5 aromatic rings. The molecule has 2 amide bonds. The third-order valence-electron chi connectivity index (χ3n) is 15.7. The highest BCUT2D eigenvalue weighted by atomic mass is 32.2. The number of amides is 2. The van der Waals surface area contributed by atoms with Gasteiger partial charge < -0.3 is 19.3 Å². The lowest BCUT2D eigenvalue weighted by Gasteiger charge is -2.47. The van der Waals surface area contributed by atoms with Gasteiger partial charge >= 0.3 is 17.8 Å². The molecule has 1 spiro atoms. The molecule has 6 aliphatic rings. The van der Waals surface area contributed by atoms with Gasteiger partial charge in [-0.3, -0.25) is 15.0 Å². The van der Waals surface area contributed by atoms with Crippen molar-refractivity contribution in [3.8, 4) is 17.2 Å². The Morgan fingerprint density at radius 2 is 1.22 bits per heavy atom. The molecule has 5 aromatic carbocycles. The molecule has 0 bridgehead atoms. The maximum absolute atomic E-state index is 15.7. The number of hydrogen-bond donors (Lipinski definition) is 1. The maximum atomic E-state index is 15.7. The normalized spacial score (nSPS) is 22.8. The van der Waals surface area contributed by atoms with Crippen molar-refractivity contribution in [2.45, 2.75) is 87.9 Å². The fourth-order valence-electron chi connectivity index (χ4n) is 11.7. The molecular formula is C58H52F6N4O4S2. The van der Waals surface area contributed by atoms with Crippen LogP contribution in [0.1, 0.15) is 97.0 Å². The number of hydrogen-bond acceptors (Lipinski definition) is 8. The molecule has 0 aromatic heterocycles. The van der Waals surface area contributed by atoms with E-state index in [0.717, 1.165) is 43.1 Å². The smallest absolute Gasteiger partial charge is 0.380 e. The SMILES string of the molecule is CCN(CC)c1ccc2c(c1)Oc1cc(N(CC)CC)ccc1C21c2ccccc2C(=O)N1NC(=O)c1ccc(COc2ccc(C3=CC4=C5C(=C6C=C(C)SC6(C)C4(C)S3)C(F)(F)C(F)(F)C5(F)F)cc2)cc1. The summed E-state index contributed by atoms with van der Waals surface area (Å²) in [6.07, 6.45) is 2.71. The van der Waals surface area contributed by atoms with E-state index in [-0.39, 0.29) is 23.7 Å². The second-order valence-corrected chi connectivity index (χ2v) is 22.6. The number of alkyl halides is 6. The topological polar surface area (TPSA) is 74.4 Å². The molecule has 382 valence electrons. The monoisotopic (exact) mass is 1050 g/mol. The number of nitrogens with zero attached hydrogens (tertiary/aromatic N) is 3. The second-order valence-electron chi connectivity index (χ2n) is 19.5. The Morgan fingerprint density at radius 3 is 1.78 bits per heavy atom. The van der Waals surface area contributed by atoms with Gasteiger partial charge in [-0.15, -0.1) is 23.5 Å². The highest BCUT2D eigenvalue weighted by Crippen LogP contribution is 2.74. The average Bonchev–Trinajstić information content (AvgIpc) is 4.12. The standard InChI is InChI=1S/C58H52F6N4O4S2/c1-8-66(9-2)37-22-26-42-46(29-37)72-47-30-38(67(10-3)11-4)23-27-43(47)55(42)41-15-13-12-14-40(41)52(70)68(55)65-51(69)36-18-16-34(17-19-36)32-71-39-24-20-35(21-25-39)48-31-45-50-49(56(59,60)58(63,64)57(50,61)62)44-28-33(5)73-53(44,6)54(45,7)74-48/h12-31H,8-11,32H2,1-7H3,(H,65,69). The first-order chi connectivity index (χ1) is 35.2. The zero-order valence-corrected chi connectivity index (χ0v) is 43.3. The summed E-state index contributed by atoms with van der Waals surface area (Å²) >= 11 is 2.42.